The number of anilines is 1. The number of rotatable bonds is 10. The Hall–Kier alpha value is -3.57. The fourth-order valence-electron chi connectivity index (χ4n) is 4.89. The van der Waals surface area contributed by atoms with E-state index in [9.17, 15) is 31.2 Å². The number of hydrogen-bond donors (Lipinski definition) is 1. The molecular weight excluding hydrogens is 591 g/mol. The number of carbonyl (C=O) groups is 2. The zero-order chi connectivity index (χ0) is 30.5. The van der Waals surface area contributed by atoms with E-state index in [4.69, 9.17) is 11.6 Å². The molecule has 4 rings (SSSR count). The van der Waals surface area contributed by atoms with Crippen molar-refractivity contribution in [2.45, 2.75) is 62.3 Å². The van der Waals surface area contributed by atoms with Gasteiger partial charge in [0.15, 0.2) is 0 Å². The lowest BCUT2D eigenvalue weighted by Crippen LogP contribution is -2.52. The predicted octanol–water partition coefficient (Wildman–Crippen LogP) is 6.03. The van der Waals surface area contributed by atoms with Crippen LogP contribution in [0.1, 0.15) is 43.7 Å². The fraction of sp³-hybridized carbons (Fsp3) is 0.333. The largest absolute Gasteiger partial charge is 0.417 e. The molecule has 3 aromatic carbocycles. The fourth-order valence-corrected chi connectivity index (χ4v) is 6.54. The molecule has 0 bridgehead atoms. The lowest BCUT2D eigenvalue weighted by Gasteiger charge is -2.32. The van der Waals surface area contributed by atoms with Gasteiger partial charge in [0.2, 0.25) is 11.8 Å². The molecule has 7 nitrogen and oxygen atoms in total. The molecule has 42 heavy (non-hydrogen) atoms. The van der Waals surface area contributed by atoms with Crippen molar-refractivity contribution in [3.05, 3.63) is 95.0 Å². The normalized spacial score (nSPS) is 14.8. The maximum Gasteiger partial charge on any atom is 0.417 e. The van der Waals surface area contributed by atoms with Crippen molar-refractivity contribution in [1.29, 1.82) is 0 Å². The van der Waals surface area contributed by atoms with Crippen molar-refractivity contribution >= 4 is 39.1 Å². The summed E-state index contributed by atoms with van der Waals surface area (Å²) in [7, 11) is -4.52. The Morgan fingerprint density at radius 1 is 0.976 bits per heavy atom. The summed E-state index contributed by atoms with van der Waals surface area (Å²) in [4.78, 5) is 28.2. The zero-order valence-corrected chi connectivity index (χ0v) is 24.4. The topological polar surface area (TPSA) is 86.8 Å². The quantitative estimate of drug-likeness (QED) is 0.300. The number of halogens is 4. The van der Waals surface area contributed by atoms with Crippen LogP contribution in [0.2, 0.25) is 5.02 Å². The summed E-state index contributed by atoms with van der Waals surface area (Å²) < 4.78 is 69.4. The van der Waals surface area contributed by atoms with E-state index in [0.29, 0.717) is 15.9 Å². The second kappa shape index (κ2) is 13.2. The van der Waals surface area contributed by atoms with E-state index in [0.717, 1.165) is 37.8 Å². The molecule has 0 heterocycles. The van der Waals surface area contributed by atoms with Crippen molar-refractivity contribution in [3.8, 4) is 0 Å². The Kier molecular flexibility index (Phi) is 9.83. The Bertz CT molecular complexity index is 1500. The molecule has 2 amide bonds. The number of sulfonamides is 1. The van der Waals surface area contributed by atoms with E-state index >= 15 is 0 Å². The van der Waals surface area contributed by atoms with Gasteiger partial charge in [-0.3, -0.25) is 13.9 Å². The molecule has 0 aromatic heterocycles. The summed E-state index contributed by atoms with van der Waals surface area (Å²) in [6.07, 6.45) is -1.25. The number of nitrogens with one attached hydrogen (secondary N) is 1. The highest BCUT2D eigenvalue weighted by molar-refractivity contribution is 7.92. The van der Waals surface area contributed by atoms with Crippen molar-refractivity contribution in [1.82, 2.24) is 10.2 Å². The molecule has 224 valence electrons. The molecule has 0 saturated heterocycles. The van der Waals surface area contributed by atoms with Gasteiger partial charge in [0, 0.05) is 12.6 Å². The third kappa shape index (κ3) is 7.43. The number of alkyl halides is 3. The average molecular weight is 622 g/mol. The first-order valence-electron chi connectivity index (χ1n) is 13.5. The molecular formula is C30H31ClF3N3O4S. The predicted molar refractivity (Wildman–Crippen MR) is 154 cm³/mol. The summed E-state index contributed by atoms with van der Waals surface area (Å²) in [6, 6.07) is 17.6. The highest BCUT2D eigenvalue weighted by Gasteiger charge is 2.37. The zero-order valence-electron chi connectivity index (χ0n) is 22.9. The van der Waals surface area contributed by atoms with Crippen LogP contribution in [-0.4, -0.2) is 43.8 Å². The van der Waals surface area contributed by atoms with Crippen LogP contribution in [0.15, 0.2) is 83.8 Å². The first-order valence-corrected chi connectivity index (χ1v) is 15.3. The minimum atomic E-state index is -4.87. The van der Waals surface area contributed by atoms with Crippen molar-refractivity contribution in [3.63, 3.8) is 0 Å². The number of amides is 2. The van der Waals surface area contributed by atoms with E-state index < -0.39 is 56.9 Å². The van der Waals surface area contributed by atoms with Crippen LogP contribution in [-0.2, 0) is 32.3 Å². The Labute approximate surface area is 248 Å². The van der Waals surface area contributed by atoms with Crippen LogP contribution in [0.3, 0.4) is 0 Å². The van der Waals surface area contributed by atoms with Crippen LogP contribution in [0.25, 0.3) is 0 Å². The SMILES string of the molecule is CC(C(=O)NC1CCCC1)N(Cc1ccccc1)C(=O)CN(c1ccc(Cl)c(C(F)(F)F)c1)S(=O)(=O)c1ccccc1. The van der Waals surface area contributed by atoms with Crippen LogP contribution in [0, 0.1) is 0 Å². The smallest absolute Gasteiger partial charge is 0.352 e. The summed E-state index contributed by atoms with van der Waals surface area (Å²) in [5.41, 5.74) is -0.950. The first-order chi connectivity index (χ1) is 19.9. The molecule has 0 aliphatic heterocycles. The Balaban J connectivity index is 1.73. The van der Waals surface area contributed by atoms with Gasteiger partial charge in [-0.2, -0.15) is 13.2 Å². The maximum atomic E-state index is 13.9. The van der Waals surface area contributed by atoms with Gasteiger partial charge in [-0.1, -0.05) is 73.0 Å². The molecule has 1 fully saturated rings. The molecule has 1 unspecified atom stereocenters. The Morgan fingerprint density at radius 2 is 1.57 bits per heavy atom. The minimum absolute atomic E-state index is 0.0153. The van der Waals surface area contributed by atoms with Crippen molar-refractivity contribution in [2.24, 2.45) is 0 Å². The molecule has 1 N–H and O–H groups in total. The molecule has 0 radical (unpaired) electrons. The average Bonchev–Trinajstić information content (AvgIpc) is 3.48. The lowest BCUT2D eigenvalue weighted by molar-refractivity contribution is -0.139. The highest BCUT2D eigenvalue weighted by Crippen LogP contribution is 2.38. The molecule has 12 heteroatoms. The summed E-state index contributed by atoms with van der Waals surface area (Å²) in [6.45, 7) is 0.668. The van der Waals surface area contributed by atoms with Crippen LogP contribution in [0.5, 0.6) is 0 Å². The second-order valence-corrected chi connectivity index (χ2v) is 12.4. The standard InChI is InChI=1S/C30H31ClF3N3O4S/c1-21(29(39)35-23-12-8-9-13-23)36(19-22-10-4-2-5-11-22)28(38)20-37(42(40,41)25-14-6-3-7-15-25)24-16-17-27(31)26(18-24)30(32,33)34/h2-7,10-11,14-18,21,23H,8-9,12-13,19-20H2,1H3,(H,35,39). The van der Waals surface area contributed by atoms with Crippen molar-refractivity contribution in [2.75, 3.05) is 10.8 Å². The van der Waals surface area contributed by atoms with Gasteiger partial charge in [0.05, 0.1) is 21.2 Å². The van der Waals surface area contributed by atoms with Gasteiger partial charge < -0.3 is 10.2 Å². The monoisotopic (exact) mass is 621 g/mol. The summed E-state index contributed by atoms with van der Waals surface area (Å²) >= 11 is 5.80. The van der Waals surface area contributed by atoms with E-state index in [1.54, 1.807) is 43.3 Å². The molecule has 1 atom stereocenters. The van der Waals surface area contributed by atoms with Crippen molar-refractivity contribution < 1.29 is 31.2 Å². The molecule has 1 aliphatic carbocycles. The summed E-state index contributed by atoms with van der Waals surface area (Å²) in [5, 5.41) is 2.35. The molecule has 3 aromatic rings. The van der Waals surface area contributed by atoms with E-state index in [2.05, 4.69) is 5.32 Å². The highest BCUT2D eigenvalue weighted by atomic mass is 35.5. The number of nitrogens with zero attached hydrogens (tertiary/aromatic N) is 2. The maximum absolute atomic E-state index is 13.9. The number of carbonyl (C=O) groups excluding carboxylic acids is 2. The number of benzene rings is 3. The third-order valence-electron chi connectivity index (χ3n) is 7.22. The van der Waals surface area contributed by atoms with E-state index in [-0.39, 0.29) is 17.5 Å². The first kappa shape index (κ1) is 31.4. The molecule has 1 aliphatic rings. The van der Waals surface area contributed by atoms with Crippen LogP contribution >= 0.6 is 11.6 Å². The van der Waals surface area contributed by atoms with Gasteiger partial charge in [-0.05, 0) is 55.7 Å². The third-order valence-corrected chi connectivity index (χ3v) is 9.34. The van der Waals surface area contributed by atoms with Gasteiger partial charge in [-0.25, -0.2) is 8.42 Å². The number of hydrogen-bond acceptors (Lipinski definition) is 4. The van der Waals surface area contributed by atoms with Gasteiger partial charge >= 0.3 is 6.18 Å². The van der Waals surface area contributed by atoms with E-state index in [1.165, 1.54) is 29.2 Å². The van der Waals surface area contributed by atoms with Crippen LogP contribution < -0.4 is 9.62 Å². The van der Waals surface area contributed by atoms with Gasteiger partial charge in [0.25, 0.3) is 10.0 Å². The van der Waals surface area contributed by atoms with Gasteiger partial charge in [-0.15, -0.1) is 0 Å². The van der Waals surface area contributed by atoms with E-state index in [1.807, 2.05) is 0 Å². The minimum Gasteiger partial charge on any atom is -0.352 e. The lowest BCUT2D eigenvalue weighted by atomic mass is 10.1. The van der Waals surface area contributed by atoms with Gasteiger partial charge in [0.1, 0.15) is 12.6 Å². The molecule has 0 spiro atoms. The second-order valence-electron chi connectivity index (χ2n) is 10.2. The van der Waals surface area contributed by atoms with Crippen LogP contribution in [0.4, 0.5) is 18.9 Å². The molecule has 1 saturated carbocycles. The summed E-state index contributed by atoms with van der Waals surface area (Å²) in [5.74, 6) is -1.16. The Morgan fingerprint density at radius 3 is 2.17 bits per heavy atom.